The minimum Gasteiger partial charge on any atom is -0.491 e. The Morgan fingerprint density at radius 1 is 1.40 bits per heavy atom. The number of carbonyl (C=O) groups is 1. The Balaban J connectivity index is 2.66. The molecule has 20 heavy (non-hydrogen) atoms. The highest BCUT2D eigenvalue weighted by atomic mass is 16.6. The monoisotopic (exact) mass is 281 g/mol. The molecule has 1 atom stereocenters. The van der Waals surface area contributed by atoms with Crippen LogP contribution in [0, 0.1) is 6.92 Å². The Morgan fingerprint density at radius 2 is 2.05 bits per heavy atom. The summed E-state index contributed by atoms with van der Waals surface area (Å²) in [6.45, 7) is 9.19. The Hall–Kier alpha value is -1.75. The van der Waals surface area contributed by atoms with Crippen molar-refractivity contribution >= 4 is 11.8 Å². The van der Waals surface area contributed by atoms with Crippen LogP contribution in [0.3, 0.4) is 0 Å². The van der Waals surface area contributed by atoms with Crippen LogP contribution in [0.5, 0.6) is 5.75 Å². The topological polar surface area (TPSA) is 67.8 Å². The number of nitrogens with one attached hydrogen (secondary N) is 1. The predicted molar refractivity (Wildman–Crippen MR) is 78.2 cm³/mol. The summed E-state index contributed by atoms with van der Waals surface area (Å²) in [6, 6.07) is 5.29. The van der Waals surface area contributed by atoms with Crippen LogP contribution in [-0.4, -0.2) is 29.5 Å². The molecule has 0 aliphatic heterocycles. The standard InChI is InChI=1S/C15H23NO4/c1-10-8-12(19-9-11(2)17)6-7-13(10)16-14(18)20-15(3,4)5/h6-8,11,17H,9H2,1-5H3,(H,16,18). The van der Waals surface area contributed by atoms with Crippen molar-refractivity contribution in [2.45, 2.75) is 46.3 Å². The van der Waals surface area contributed by atoms with E-state index in [4.69, 9.17) is 14.6 Å². The molecule has 0 aromatic heterocycles. The zero-order valence-electron chi connectivity index (χ0n) is 12.7. The number of aryl methyl sites for hydroxylation is 1. The van der Waals surface area contributed by atoms with Crippen molar-refractivity contribution in [1.82, 2.24) is 0 Å². The molecule has 0 bridgehead atoms. The van der Waals surface area contributed by atoms with Crippen molar-refractivity contribution in [3.05, 3.63) is 23.8 Å². The lowest BCUT2D eigenvalue weighted by Gasteiger charge is -2.20. The Labute approximate surface area is 119 Å². The van der Waals surface area contributed by atoms with E-state index in [-0.39, 0.29) is 6.61 Å². The first-order valence-corrected chi connectivity index (χ1v) is 6.59. The largest absolute Gasteiger partial charge is 0.491 e. The average Bonchev–Trinajstić information content (AvgIpc) is 2.27. The van der Waals surface area contributed by atoms with Crippen LogP contribution in [0.25, 0.3) is 0 Å². The quantitative estimate of drug-likeness (QED) is 0.890. The van der Waals surface area contributed by atoms with E-state index < -0.39 is 17.8 Å². The first kappa shape index (κ1) is 16.3. The summed E-state index contributed by atoms with van der Waals surface area (Å²) in [5, 5.41) is 11.9. The second kappa shape index (κ2) is 6.61. The highest BCUT2D eigenvalue weighted by Crippen LogP contribution is 2.22. The average molecular weight is 281 g/mol. The molecule has 5 heteroatoms. The van der Waals surface area contributed by atoms with Crippen LogP contribution < -0.4 is 10.1 Å². The van der Waals surface area contributed by atoms with E-state index in [2.05, 4.69) is 5.32 Å². The molecule has 1 rings (SSSR count). The van der Waals surface area contributed by atoms with Crippen LogP contribution in [0.1, 0.15) is 33.3 Å². The van der Waals surface area contributed by atoms with E-state index in [0.29, 0.717) is 11.4 Å². The third kappa shape index (κ3) is 5.93. The maximum atomic E-state index is 11.7. The number of benzene rings is 1. The Kier molecular flexibility index (Phi) is 5.39. The number of aliphatic hydroxyl groups is 1. The van der Waals surface area contributed by atoms with Crippen molar-refractivity contribution in [3.63, 3.8) is 0 Å². The SMILES string of the molecule is Cc1cc(OCC(C)O)ccc1NC(=O)OC(C)(C)C. The van der Waals surface area contributed by atoms with Gasteiger partial charge in [-0.3, -0.25) is 5.32 Å². The molecule has 1 aromatic carbocycles. The third-order valence-corrected chi connectivity index (χ3v) is 2.32. The minimum atomic E-state index is -0.529. The molecule has 0 heterocycles. The summed E-state index contributed by atoms with van der Waals surface area (Å²) in [5.41, 5.74) is 1.00. The summed E-state index contributed by atoms with van der Waals surface area (Å²) in [4.78, 5) is 11.7. The first-order valence-electron chi connectivity index (χ1n) is 6.59. The van der Waals surface area contributed by atoms with Gasteiger partial charge in [-0.1, -0.05) is 0 Å². The zero-order chi connectivity index (χ0) is 15.3. The van der Waals surface area contributed by atoms with Crippen LogP contribution in [0.2, 0.25) is 0 Å². The van der Waals surface area contributed by atoms with Crippen molar-refractivity contribution < 1.29 is 19.4 Å². The highest BCUT2D eigenvalue weighted by molar-refractivity contribution is 5.86. The molecule has 1 aromatic rings. The van der Waals surface area contributed by atoms with E-state index in [1.807, 2.05) is 27.7 Å². The van der Waals surface area contributed by atoms with Gasteiger partial charge < -0.3 is 14.6 Å². The molecular formula is C15H23NO4. The van der Waals surface area contributed by atoms with Gasteiger partial charge in [0.1, 0.15) is 18.0 Å². The fraction of sp³-hybridized carbons (Fsp3) is 0.533. The van der Waals surface area contributed by atoms with Gasteiger partial charge in [0, 0.05) is 5.69 Å². The smallest absolute Gasteiger partial charge is 0.412 e. The molecule has 0 radical (unpaired) electrons. The number of aliphatic hydroxyl groups excluding tert-OH is 1. The van der Waals surface area contributed by atoms with Gasteiger partial charge in [0.05, 0.1) is 6.10 Å². The van der Waals surface area contributed by atoms with E-state index in [1.165, 1.54) is 0 Å². The molecule has 0 fully saturated rings. The summed E-state index contributed by atoms with van der Waals surface area (Å²) < 4.78 is 10.6. The third-order valence-electron chi connectivity index (χ3n) is 2.32. The minimum absolute atomic E-state index is 0.234. The summed E-state index contributed by atoms with van der Waals surface area (Å²) in [7, 11) is 0. The molecule has 5 nitrogen and oxygen atoms in total. The number of hydrogen-bond donors (Lipinski definition) is 2. The van der Waals surface area contributed by atoms with Gasteiger partial charge >= 0.3 is 6.09 Å². The van der Waals surface area contributed by atoms with Crippen molar-refractivity contribution in [1.29, 1.82) is 0 Å². The maximum Gasteiger partial charge on any atom is 0.412 e. The molecule has 0 aliphatic carbocycles. The molecule has 112 valence electrons. The van der Waals surface area contributed by atoms with Gasteiger partial charge in [0.25, 0.3) is 0 Å². The molecule has 0 saturated carbocycles. The summed E-state index contributed by atoms with van der Waals surface area (Å²) >= 11 is 0. The lowest BCUT2D eigenvalue weighted by atomic mass is 10.2. The Bertz CT molecular complexity index is 463. The molecule has 1 amide bonds. The highest BCUT2D eigenvalue weighted by Gasteiger charge is 2.16. The maximum absolute atomic E-state index is 11.7. The number of ether oxygens (including phenoxy) is 2. The first-order chi connectivity index (χ1) is 9.17. The number of amides is 1. The fourth-order valence-electron chi connectivity index (χ4n) is 1.50. The van der Waals surface area contributed by atoms with E-state index in [0.717, 1.165) is 5.56 Å². The molecule has 2 N–H and O–H groups in total. The number of rotatable bonds is 4. The Morgan fingerprint density at radius 3 is 2.55 bits per heavy atom. The summed E-state index contributed by atoms with van der Waals surface area (Å²) in [6.07, 6.45) is -1.01. The summed E-state index contributed by atoms with van der Waals surface area (Å²) in [5.74, 6) is 0.651. The second-order valence-corrected chi connectivity index (χ2v) is 5.76. The van der Waals surface area contributed by atoms with Gasteiger partial charge in [-0.05, 0) is 58.4 Å². The normalized spacial score (nSPS) is 12.7. The van der Waals surface area contributed by atoms with E-state index in [1.54, 1.807) is 25.1 Å². The van der Waals surface area contributed by atoms with Crippen LogP contribution in [0.4, 0.5) is 10.5 Å². The molecule has 0 aliphatic rings. The van der Waals surface area contributed by atoms with Gasteiger partial charge in [0.2, 0.25) is 0 Å². The zero-order valence-corrected chi connectivity index (χ0v) is 12.7. The predicted octanol–water partition coefficient (Wildman–Crippen LogP) is 3.10. The van der Waals surface area contributed by atoms with Crippen molar-refractivity contribution in [2.24, 2.45) is 0 Å². The lowest BCUT2D eigenvalue weighted by molar-refractivity contribution is 0.0636. The van der Waals surface area contributed by atoms with E-state index in [9.17, 15) is 4.79 Å². The van der Waals surface area contributed by atoms with Crippen LogP contribution >= 0.6 is 0 Å². The van der Waals surface area contributed by atoms with E-state index >= 15 is 0 Å². The van der Waals surface area contributed by atoms with Gasteiger partial charge in [-0.15, -0.1) is 0 Å². The second-order valence-electron chi connectivity index (χ2n) is 5.76. The fourth-order valence-corrected chi connectivity index (χ4v) is 1.50. The van der Waals surface area contributed by atoms with Crippen molar-refractivity contribution in [3.8, 4) is 5.75 Å². The number of carbonyl (C=O) groups excluding carboxylic acids is 1. The van der Waals surface area contributed by atoms with Crippen molar-refractivity contribution in [2.75, 3.05) is 11.9 Å². The molecule has 0 spiro atoms. The number of anilines is 1. The van der Waals surface area contributed by atoms with Gasteiger partial charge in [-0.2, -0.15) is 0 Å². The van der Waals surface area contributed by atoms with Crippen LogP contribution in [-0.2, 0) is 4.74 Å². The van der Waals surface area contributed by atoms with Gasteiger partial charge in [-0.25, -0.2) is 4.79 Å². The molecule has 0 saturated heterocycles. The molecular weight excluding hydrogens is 258 g/mol. The van der Waals surface area contributed by atoms with Gasteiger partial charge in [0.15, 0.2) is 0 Å². The number of hydrogen-bond acceptors (Lipinski definition) is 4. The van der Waals surface area contributed by atoms with Crippen LogP contribution in [0.15, 0.2) is 18.2 Å². The molecule has 1 unspecified atom stereocenters. The lowest BCUT2D eigenvalue weighted by Crippen LogP contribution is -2.27.